The molecule has 0 aliphatic rings. The highest BCUT2D eigenvalue weighted by Gasteiger charge is 2.17. The van der Waals surface area contributed by atoms with Gasteiger partial charge in [-0.05, 0) is 98.8 Å². The lowest BCUT2D eigenvalue weighted by atomic mass is 10.2. The Hall–Kier alpha value is -2.06. The van der Waals surface area contributed by atoms with Crippen LogP contribution >= 0.6 is 22.6 Å². The zero-order chi connectivity index (χ0) is 21.5. The molecule has 154 valence electrons. The van der Waals surface area contributed by atoms with E-state index in [-0.39, 0.29) is 16.2 Å². The van der Waals surface area contributed by atoms with Crippen molar-refractivity contribution >= 4 is 32.7 Å². The van der Waals surface area contributed by atoms with E-state index in [1.165, 1.54) is 15.7 Å². The Bertz CT molecular complexity index is 991. The number of ether oxygens (including phenoxy) is 1. The molecule has 0 atom stereocenters. The number of aryl methyl sites for hydroxylation is 1. The van der Waals surface area contributed by atoms with Crippen molar-refractivity contribution in [2.24, 2.45) is 0 Å². The van der Waals surface area contributed by atoms with E-state index in [1.54, 1.807) is 36.4 Å². The van der Waals surface area contributed by atoms with E-state index in [9.17, 15) is 8.42 Å². The summed E-state index contributed by atoms with van der Waals surface area (Å²) < 4.78 is 36.4. The van der Waals surface area contributed by atoms with E-state index in [2.05, 4.69) is 34.7 Å². The number of hydrogen-bond acceptors (Lipinski definition) is 4. The zero-order valence-electron chi connectivity index (χ0n) is 16.9. The minimum atomic E-state index is -3.82. The second-order valence-corrected chi connectivity index (χ2v) is 10.1. The molecule has 0 saturated carbocycles. The fourth-order valence-corrected chi connectivity index (χ4v) is 3.56. The van der Waals surface area contributed by atoms with E-state index in [1.807, 2.05) is 45.9 Å². The van der Waals surface area contributed by atoms with Crippen molar-refractivity contribution in [3.8, 4) is 11.5 Å². The van der Waals surface area contributed by atoms with Crippen LogP contribution in [-0.4, -0.2) is 14.0 Å². The predicted molar refractivity (Wildman–Crippen MR) is 125 cm³/mol. The van der Waals surface area contributed by atoms with Gasteiger partial charge in [0.05, 0.1) is 0 Å². The average Bonchev–Trinajstić information content (AvgIpc) is 2.63. The van der Waals surface area contributed by atoms with E-state index in [0.717, 1.165) is 5.56 Å². The normalized spacial score (nSPS) is 11.2. The second-order valence-electron chi connectivity index (χ2n) is 7.33. The smallest absolute Gasteiger partial charge is 0.339 e. The third-order valence-electron chi connectivity index (χ3n) is 3.50. The maximum atomic E-state index is 12.2. The zero-order valence-corrected chi connectivity index (χ0v) is 19.9. The van der Waals surface area contributed by atoms with Gasteiger partial charge in [0.1, 0.15) is 22.0 Å². The van der Waals surface area contributed by atoms with Gasteiger partial charge >= 0.3 is 10.1 Å². The SMILES string of the molecule is Cc1ccc(S(=O)(=O)Oc2ccc(OC(C)(C)C)cc2)cc1.Ic1ccccc1. The molecule has 4 nitrogen and oxygen atoms in total. The first-order valence-corrected chi connectivity index (χ1v) is 11.5. The first-order valence-electron chi connectivity index (χ1n) is 9.06. The van der Waals surface area contributed by atoms with Gasteiger partial charge in [-0.15, -0.1) is 0 Å². The molecule has 0 N–H and O–H groups in total. The number of hydrogen-bond donors (Lipinski definition) is 0. The topological polar surface area (TPSA) is 52.6 Å². The molecule has 0 radical (unpaired) electrons. The monoisotopic (exact) mass is 524 g/mol. The molecule has 0 heterocycles. The molecular weight excluding hydrogens is 499 g/mol. The van der Waals surface area contributed by atoms with Gasteiger partial charge in [0.25, 0.3) is 0 Å². The molecule has 29 heavy (non-hydrogen) atoms. The van der Waals surface area contributed by atoms with Crippen molar-refractivity contribution in [2.45, 2.75) is 38.2 Å². The molecular formula is C23H25IO4S. The molecule has 0 amide bonds. The standard InChI is InChI=1S/C17H20O4S.C6H5I/c1-13-5-11-16(12-6-13)22(18,19)21-15-9-7-14(8-10-15)20-17(2,3)4;7-6-4-2-1-3-5-6/h5-12H,1-4H3;1-5H. The van der Waals surface area contributed by atoms with E-state index in [0.29, 0.717) is 5.75 Å². The third-order valence-corrected chi connectivity index (χ3v) is 5.48. The molecule has 0 saturated heterocycles. The Balaban J connectivity index is 0.000000360. The van der Waals surface area contributed by atoms with Crippen LogP contribution in [0.3, 0.4) is 0 Å². The van der Waals surface area contributed by atoms with Crippen molar-refractivity contribution in [3.63, 3.8) is 0 Å². The Labute approximate surface area is 187 Å². The van der Waals surface area contributed by atoms with Gasteiger partial charge in [-0.2, -0.15) is 8.42 Å². The Morgan fingerprint density at radius 3 is 1.72 bits per heavy atom. The largest absolute Gasteiger partial charge is 0.488 e. The minimum absolute atomic E-state index is 0.133. The molecule has 0 aromatic heterocycles. The van der Waals surface area contributed by atoms with Crippen molar-refractivity contribution in [1.29, 1.82) is 0 Å². The quantitative estimate of drug-likeness (QED) is 0.300. The summed E-state index contributed by atoms with van der Waals surface area (Å²) in [7, 11) is -3.82. The lowest BCUT2D eigenvalue weighted by Gasteiger charge is -2.21. The summed E-state index contributed by atoms with van der Waals surface area (Å²) in [5, 5.41) is 0. The fourth-order valence-electron chi connectivity index (χ4n) is 2.21. The molecule has 3 aromatic carbocycles. The van der Waals surface area contributed by atoms with Gasteiger partial charge in [0, 0.05) is 3.57 Å². The lowest BCUT2D eigenvalue weighted by molar-refractivity contribution is 0.131. The molecule has 0 unspecified atom stereocenters. The highest BCUT2D eigenvalue weighted by atomic mass is 127. The number of benzene rings is 3. The lowest BCUT2D eigenvalue weighted by Crippen LogP contribution is -2.22. The van der Waals surface area contributed by atoms with Crippen molar-refractivity contribution in [3.05, 3.63) is 88.0 Å². The van der Waals surface area contributed by atoms with Crippen LogP contribution in [0, 0.1) is 10.5 Å². The summed E-state index contributed by atoms with van der Waals surface area (Å²) in [4.78, 5) is 0.133. The summed E-state index contributed by atoms with van der Waals surface area (Å²) in [5.41, 5.74) is 0.679. The van der Waals surface area contributed by atoms with Crippen LogP contribution in [0.2, 0.25) is 0 Å². The first-order chi connectivity index (χ1) is 13.5. The van der Waals surface area contributed by atoms with Crippen LogP contribution in [0.15, 0.2) is 83.8 Å². The van der Waals surface area contributed by atoms with E-state index >= 15 is 0 Å². The Morgan fingerprint density at radius 1 is 0.759 bits per heavy atom. The van der Waals surface area contributed by atoms with Gasteiger partial charge in [-0.25, -0.2) is 0 Å². The van der Waals surface area contributed by atoms with Crippen LogP contribution in [0.25, 0.3) is 0 Å². The molecule has 0 bridgehead atoms. The summed E-state index contributed by atoms with van der Waals surface area (Å²) in [6.45, 7) is 7.73. The van der Waals surface area contributed by atoms with Crippen LogP contribution in [0.1, 0.15) is 26.3 Å². The van der Waals surface area contributed by atoms with Gasteiger partial charge in [0.15, 0.2) is 0 Å². The summed E-state index contributed by atoms with van der Waals surface area (Å²) >= 11 is 2.28. The summed E-state index contributed by atoms with van der Waals surface area (Å²) in [6.07, 6.45) is 0. The van der Waals surface area contributed by atoms with Gasteiger partial charge in [-0.3, -0.25) is 0 Å². The van der Waals surface area contributed by atoms with Crippen LogP contribution < -0.4 is 8.92 Å². The van der Waals surface area contributed by atoms with Crippen LogP contribution in [-0.2, 0) is 10.1 Å². The van der Waals surface area contributed by atoms with Gasteiger partial charge in [-0.1, -0.05) is 35.9 Å². The fraction of sp³-hybridized carbons (Fsp3) is 0.217. The summed E-state index contributed by atoms with van der Waals surface area (Å²) in [5.74, 6) is 0.911. The van der Waals surface area contributed by atoms with Crippen LogP contribution in [0.5, 0.6) is 11.5 Å². The molecule has 6 heteroatoms. The Morgan fingerprint density at radius 2 is 1.28 bits per heavy atom. The highest BCUT2D eigenvalue weighted by Crippen LogP contribution is 2.24. The molecule has 0 aliphatic carbocycles. The minimum Gasteiger partial charge on any atom is -0.488 e. The van der Waals surface area contributed by atoms with Gasteiger partial charge in [0.2, 0.25) is 0 Å². The molecule has 3 rings (SSSR count). The maximum absolute atomic E-state index is 12.2. The predicted octanol–water partition coefficient (Wildman–Crippen LogP) is 6.23. The van der Waals surface area contributed by atoms with Gasteiger partial charge < -0.3 is 8.92 Å². The average molecular weight is 524 g/mol. The maximum Gasteiger partial charge on any atom is 0.339 e. The Kier molecular flexibility index (Phi) is 8.10. The molecule has 0 spiro atoms. The number of halogens is 1. The van der Waals surface area contributed by atoms with Crippen molar-refractivity contribution in [1.82, 2.24) is 0 Å². The second kappa shape index (κ2) is 10.1. The summed E-state index contributed by atoms with van der Waals surface area (Å²) in [6, 6.07) is 23.3. The van der Waals surface area contributed by atoms with E-state index < -0.39 is 10.1 Å². The van der Waals surface area contributed by atoms with Crippen LogP contribution in [0.4, 0.5) is 0 Å². The molecule has 0 aliphatic heterocycles. The first kappa shape index (κ1) is 23.2. The van der Waals surface area contributed by atoms with Crippen molar-refractivity contribution < 1.29 is 17.3 Å². The van der Waals surface area contributed by atoms with Crippen molar-refractivity contribution in [2.75, 3.05) is 0 Å². The third kappa shape index (κ3) is 8.45. The molecule has 3 aromatic rings. The van der Waals surface area contributed by atoms with E-state index in [4.69, 9.17) is 8.92 Å². The number of rotatable bonds is 4. The molecule has 0 fully saturated rings. The highest BCUT2D eigenvalue weighted by molar-refractivity contribution is 14.1.